The van der Waals surface area contributed by atoms with Crippen molar-refractivity contribution in [2.75, 3.05) is 0 Å². The lowest BCUT2D eigenvalue weighted by Gasteiger charge is -2.16. The molecular formula is C13H15F3N2O. The van der Waals surface area contributed by atoms with Gasteiger partial charge in [0.05, 0.1) is 0 Å². The first-order valence-corrected chi connectivity index (χ1v) is 5.99. The zero-order valence-corrected chi connectivity index (χ0v) is 10.2. The molecule has 0 saturated heterocycles. The molecule has 1 aliphatic carbocycles. The fraction of sp³-hybridized carbons (Fsp3) is 0.462. The molecule has 6 heteroatoms. The molecule has 0 aliphatic heterocycles. The molecule has 19 heavy (non-hydrogen) atoms. The summed E-state index contributed by atoms with van der Waals surface area (Å²) in [5.74, 6) is -1.47. The fourth-order valence-electron chi connectivity index (χ4n) is 2.32. The number of nitrogens with one attached hydrogen (secondary N) is 1. The van der Waals surface area contributed by atoms with Gasteiger partial charge in [-0.3, -0.25) is 10.1 Å². The van der Waals surface area contributed by atoms with Gasteiger partial charge < -0.3 is 5.73 Å². The van der Waals surface area contributed by atoms with Gasteiger partial charge in [0.15, 0.2) is 0 Å². The van der Waals surface area contributed by atoms with E-state index in [2.05, 4.69) is 5.32 Å². The molecule has 0 radical (unpaired) electrons. The van der Waals surface area contributed by atoms with Gasteiger partial charge in [0.25, 0.3) is 0 Å². The van der Waals surface area contributed by atoms with Crippen LogP contribution in [0.1, 0.15) is 18.4 Å². The monoisotopic (exact) mass is 272 g/mol. The van der Waals surface area contributed by atoms with E-state index < -0.39 is 30.0 Å². The number of amides is 1. The number of alkyl halides is 3. The molecule has 1 aliphatic rings. The summed E-state index contributed by atoms with van der Waals surface area (Å²) in [5.41, 5.74) is 4.94. The van der Waals surface area contributed by atoms with Crippen molar-refractivity contribution in [1.82, 2.24) is 5.32 Å². The minimum atomic E-state index is -4.27. The Morgan fingerprint density at radius 3 is 2.53 bits per heavy atom. The van der Waals surface area contributed by atoms with E-state index in [-0.39, 0.29) is 6.42 Å². The van der Waals surface area contributed by atoms with Gasteiger partial charge >= 0.3 is 6.18 Å². The van der Waals surface area contributed by atoms with Gasteiger partial charge in [-0.2, -0.15) is 13.2 Å². The Balaban J connectivity index is 1.98. The topological polar surface area (TPSA) is 55.1 Å². The van der Waals surface area contributed by atoms with Crippen LogP contribution < -0.4 is 11.1 Å². The van der Waals surface area contributed by atoms with Crippen LogP contribution in [-0.2, 0) is 11.3 Å². The Hall–Kier alpha value is -1.56. The second-order valence-electron chi connectivity index (χ2n) is 4.90. The summed E-state index contributed by atoms with van der Waals surface area (Å²) < 4.78 is 37.0. The normalized spacial score (nSPS) is 26.2. The lowest BCUT2D eigenvalue weighted by Crippen LogP contribution is -2.45. The van der Waals surface area contributed by atoms with Crippen LogP contribution in [0, 0.1) is 5.92 Å². The highest BCUT2D eigenvalue weighted by Crippen LogP contribution is 2.49. The van der Waals surface area contributed by atoms with Gasteiger partial charge in [-0.25, -0.2) is 0 Å². The summed E-state index contributed by atoms with van der Waals surface area (Å²) in [7, 11) is 0. The standard InChI is InChI=1S/C13H15F3N2O/c14-13(15,16)7-10-6-12(10,11(17)19)18-8-9-4-2-1-3-5-9/h1-5,10,18H,6-8H2,(H2,17,19). The predicted octanol–water partition coefficient (Wildman–Crippen LogP) is 1.97. The molecule has 3 nitrogen and oxygen atoms in total. The second-order valence-corrected chi connectivity index (χ2v) is 4.90. The minimum Gasteiger partial charge on any atom is -0.368 e. The largest absolute Gasteiger partial charge is 0.389 e. The van der Waals surface area contributed by atoms with E-state index in [1.807, 2.05) is 30.3 Å². The van der Waals surface area contributed by atoms with E-state index in [1.165, 1.54) is 0 Å². The molecular weight excluding hydrogens is 257 g/mol. The van der Waals surface area contributed by atoms with Gasteiger partial charge in [0.2, 0.25) is 5.91 Å². The molecule has 1 aromatic carbocycles. The maximum atomic E-state index is 12.3. The number of hydrogen-bond donors (Lipinski definition) is 2. The Labute approximate surface area is 109 Å². The van der Waals surface area contributed by atoms with Crippen molar-refractivity contribution in [2.24, 2.45) is 11.7 Å². The van der Waals surface area contributed by atoms with Crippen LogP contribution in [0.15, 0.2) is 30.3 Å². The maximum absolute atomic E-state index is 12.3. The van der Waals surface area contributed by atoms with Crippen molar-refractivity contribution in [1.29, 1.82) is 0 Å². The van der Waals surface area contributed by atoms with Crippen LogP contribution in [0.25, 0.3) is 0 Å². The highest BCUT2D eigenvalue weighted by molar-refractivity contribution is 5.88. The summed E-state index contributed by atoms with van der Waals surface area (Å²) in [4.78, 5) is 11.4. The highest BCUT2D eigenvalue weighted by Gasteiger charge is 2.61. The summed E-state index contributed by atoms with van der Waals surface area (Å²) in [6.45, 7) is 0.331. The lowest BCUT2D eigenvalue weighted by atomic mass is 10.1. The van der Waals surface area contributed by atoms with E-state index in [9.17, 15) is 18.0 Å². The van der Waals surface area contributed by atoms with Crippen LogP contribution in [0.4, 0.5) is 13.2 Å². The average molecular weight is 272 g/mol. The third-order valence-electron chi connectivity index (χ3n) is 3.47. The number of rotatable bonds is 5. The number of hydrogen-bond acceptors (Lipinski definition) is 2. The van der Waals surface area contributed by atoms with Gasteiger partial charge in [0.1, 0.15) is 5.54 Å². The van der Waals surface area contributed by atoms with E-state index in [4.69, 9.17) is 5.73 Å². The SMILES string of the molecule is NC(=O)C1(NCc2ccccc2)CC1CC(F)(F)F. The van der Waals surface area contributed by atoms with E-state index in [1.54, 1.807) is 0 Å². The minimum absolute atomic E-state index is 0.147. The third kappa shape index (κ3) is 3.26. The van der Waals surface area contributed by atoms with Crippen LogP contribution >= 0.6 is 0 Å². The van der Waals surface area contributed by atoms with Gasteiger partial charge in [-0.15, -0.1) is 0 Å². The van der Waals surface area contributed by atoms with Crippen molar-refractivity contribution in [3.63, 3.8) is 0 Å². The Kier molecular flexibility index (Phi) is 3.54. The Morgan fingerprint density at radius 1 is 1.37 bits per heavy atom. The molecule has 1 aromatic rings. The number of benzene rings is 1. The second kappa shape index (κ2) is 4.85. The average Bonchev–Trinajstić information content (AvgIpc) is 3.00. The zero-order valence-electron chi connectivity index (χ0n) is 10.2. The number of nitrogens with two attached hydrogens (primary N) is 1. The Morgan fingerprint density at radius 2 is 2.00 bits per heavy atom. The summed E-state index contributed by atoms with van der Waals surface area (Å²) in [5, 5.41) is 2.88. The van der Waals surface area contributed by atoms with Crippen molar-refractivity contribution >= 4 is 5.91 Å². The smallest absolute Gasteiger partial charge is 0.368 e. The number of primary amides is 1. The van der Waals surface area contributed by atoms with Gasteiger partial charge in [-0.1, -0.05) is 30.3 Å². The van der Waals surface area contributed by atoms with E-state index in [0.717, 1.165) is 5.56 Å². The zero-order chi connectivity index (χ0) is 14.1. The quantitative estimate of drug-likeness (QED) is 0.861. The van der Waals surface area contributed by atoms with Gasteiger partial charge in [-0.05, 0) is 17.9 Å². The molecule has 0 bridgehead atoms. The van der Waals surface area contributed by atoms with E-state index in [0.29, 0.717) is 6.54 Å². The molecule has 0 aromatic heterocycles. The van der Waals surface area contributed by atoms with Crippen molar-refractivity contribution in [2.45, 2.75) is 31.1 Å². The molecule has 2 atom stereocenters. The highest BCUT2D eigenvalue weighted by atomic mass is 19.4. The first-order chi connectivity index (χ1) is 8.83. The first kappa shape index (κ1) is 13.9. The molecule has 2 rings (SSSR count). The van der Waals surface area contributed by atoms with Crippen molar-refractivity contribution < 1.29 is 18.0 Å². The molecule has 1 saturated carbocycles. The van der Waals surface area contributed by atoms with Crippen LogP contribution in [0.3, 0.4) is 0 Å². The molecule has 104 valence electrons. The Bertz CT molecular complexity index is 461. The van der Waals surface area contributed by atoms with E-state index >= 15 is 0 Å². The summed E-state index contributed by atoms with van der Waals surface area (Å²) in [6, 6.07) is 9.17. The summed E-state index contributed by atoms with van der Waals surface area (Å²) >= 11 is 0. The van der Waals surface area contributed by atoms with Crippen LogP contribution in [0.5, 0.6) is 0 Å². The molecule has 3 N–H and O–H groups in total. The third-order valence-corrected chi connectivity index (χ3v) is 3.47. The van der Waals surface area contributed by atoms with Crippen LogP contribution in [-0.4, -0.2) is 17.6 Å². The van der Waals surface area contributed by atoms with Crippen molar-refractivity contribution in [3.05, 3.63) is 35.9 Å². The molecule has 1 fully saturated rings. The predicted molar refractivity (Wildman–Crippen MR) is 64.0 cm³/mol. The lowest BCUT2D eigenvalue weighted by molar-refractivity contribution is -0.140. The van der Waals surface area contributed by atoms with Crippen LogP contribution in [0.2, 0.25) is 0 Å². The first-order valence-electron chi connectivity index (χ1n) is 5.99. The summed E-state index contributed by atoms with van der Waals surface area (Å²) in [6.07, 6.45) is -5.09. The molecule has 0 spiro atoms. The molecule has 2 unspecified atom stereocenters. The maximum Gasteiger partial charge on any atom is 0.389 e. The number of halogens is 3. The number of carbonyl (C=O) groups excluding carboxylic acids is 1. The number of carbonyl (C=O) groups is 1. The van der Waals surface area contributed by atoms with Crippen molar-refractivity contribution in [3.8, 4) is 0 Å². The fourth-order valence-corrected chi connectivity index (χ4v) is 2.32. The van der Waals surface area contributed by atoms with Gasteiger partial charge in [0, 0.05) is 13.0 Å². The molecule has 0 heterocycles. The molecule has 1 amide bonds.